The van der Waals surface area contributed by atoms with Crippen LogP contribution in [-0.4, -0.2) is 25.8 Å². The number of rotatable bonds is 4. The molecule has 0 saturated heterocycles. The van der Waals surface area contributed by atoms with Crippen LogP contribution in [0, 0.1) is 17.8 Å². The minimum atomic E-state index is -0.831. The Morgan fingerprint density at radius 2 is 1.64 bits per heavy atom. The fourth-order valence-corrected chi connectivity index (χ4v) is 6.17. The Labute approximate surface area is 147 Å². The van der Waals surface area contributed by atoms with Gasteiger partial charge >= 0.3 is 5.97 Å². The molecular formula is C20H23N3O2. The molecule has 1 aromatic heterocycles. The molecule has 0 unspecified atom stereocenters. The molecule has 0 spiro atoms. The van der Waals surface area contributed by atoms with Crippen molar-refractivity contribution >= 4 is 5.97 Å². The number of hydrogen-bond acceptors (Lipinski definition) is 3. The van der Waals surface area contributed by atoms with E-state index in [1.54, 1.807) is 0 Å². The number of carboxylic acids is 1. The predicted molar refractivity (Wildman–Crippen MR) is 92.9 cm³/mol. The Morgan fingerprint density at radius 1 is 1.04 bits per heavy atom. The SMILES string of the molecule is O=C(O)Cn1c(-c2ccccc2)nnc1C12CC3CC(CC(C3)C1)C2. The van der Waals surface area contributed by atoms with Crippen LogP contribution >= 0.6 is 0 Å². The van der Waals surface area contributed by atoms with E-state index >= 15 is 0 Å². The first-order valence-electron chi connectivity index (χ1n) is 9.34. The van der Waals surface area contributed by atoms with Gasteiger partial charge < -0.3 is 5.11 Å². The molecule has 0 atom stereocenters. The normalized spacial score (nSPS) is 32.9. The maximum absolute atomic E-state index is 11.6. The quantitative estimate of drug-likeness (QED) is 0.927. The van der Waals surface area contributed by atoms with Gasteiger partial charge in [-0.2, -0.15) is 0 Å². The summed E-state index contributed by atoms with van der Waals surface area (Å²) in [4.78, 5) is 11.6. The van der Waals surface area contributed by atoms with E-state index in [1.807, 2.05) is 34.9 Å². The molecule has 6 rings (SSSR count). The minimum absolute atomic E-state index is 0.0459. The molecule has 2 aromatic rings. The lowest BCUT2D eigenvalue weighted by atomic mass is 9.49. The smallest absolute Gasteiger partial charge is 0.323 e. The van der Waals surface area contributed by atoms with Crippen molar-refractivity contribution in [3.8, 4) is 11.4 Å². The van der Waals surface area contributed by atoms with Crippen LogP contribution in [0.15, 0.2) is 30.3 Å². The highest BCUT2D eigenvalue weighted by Gasteiger charge is 2.54. The molecule has 4 bridgehead atoms. The number of aliphatic carboxylic acids is 1. The monoisotopic (exact) mass is 337 g/mol. The first-order valence-corrected chi connectivity index (χ1v) is 9.34. The van der Waals surface area contributed by atoms with Crippen molar-refractivity contribution in [1.82, 2.24) is 14.8 Å². The van der Waals surface area contributed by atoms with Crippen LogP contribution in [0.2, 0.25) is 0 Å². The van der Waals surface area contributed by atoms with Crippen molar-refractivity contribution in [1.29, 1.82) is 0 Å². The van der Waals surface area contributed by atoms with Gasteiger partial charge in [-0.1, -0.05) is 30.3 Å². The van der Waals surface area contributed by atoms with Gasteiger partial charge in [0.2, 0.25) is 0 Å². The van der Waals surface area contributed by atoms with Gasteiger partial charge in [-0.05, 0) is 56.3 Å². The summed E-state index contributed by atoms with van der Waals surface area (Å²) in [6, 6.07) is 9.83. The largest absolute Gasteiger partial charge is 0.480 e. The van der Waals surface area contributed by atoms with Gasteiger partial charge in [-0.15, -0.1) is 10.2 Å². The van der Waals surface area contributed by atoms with Crippen molar-refractivity contribution in [2.45, 2.75) is 50.5 Å². The molecule has 25 heavy (non-hydrogen) atoms. The van der Waals surface area contributed by atoms with E-state index in [1.165, 1.54) is 19.3 Å². The van der Waals surface area contributed by atoms with E-state index in [4.69, 9.17) is 0 Å². The van der Waals surface area contributed by atoms with Crippen molar-refractivity contribution in [3.05, 3.63) is 36.2 Å². The Hall–Kier alpha value is -2.17. The van der Waals surface area contributed by atoms with E-state index in [2.05, 4.69) is 10.2 Å². The molecule has 4 aliphatic rings. The topological polar surface area (TPSA) is 68.0 Å². The predicted octanol–water partition coefficient (Wildman–Crippen LogP) is 3.50. The fourth-order valence-electron chi connectivity index (χ4n) is 6.17. The second-order valence-electron chi connectivity index (χ2n) is 8.39. The number of benzene rings is 1. The van der Waals surface area contributed by atoms with Crippen LogP contribution in [0.5, 0.6) is 0 Å². The summed E-state index contributed by atoms with van der Waals surface area (Å²) in [6.45, 7) is -0.0612. The van der Waals surface area contributed by atoms with Gasteiger partial charge in [-0.3, -0.25) is 9.36 Å². The molecule has 0 aliphatic heterocycles. The Bertz CT molecular complexity index is 776. The second-order valence-corrected chi connectivity index (χ2v) is 8.39. The van der Waals surface area contributed by atoms with E-state index in [9.17, 15) is 9.90 Å². The number of hydrogen-bond donors (Lipinski definition) is 1. The van der Waals surface area contributed by atoms with Gasteiger partial charge in [0, 0.05) is 11.0 Å². The average molecular weight is 337 g/mol. The third-order valence-corrected chi connectivity index (χ3v) is 6.59. The number of carboxylic acid groups (broad SMARTS) is 1. The van der Waals surface area contributed by atoms with Gasteiger partial charge in [0.25, 0.3) is 0 Å². The van der Waals surface area contributed by atoms with Gasteiger partial charge in [0.15, 0.2) is 5.82 Å². The Morgan fingerprint density at radius 3 is 2.20 bits per heavy atom. The molecule has 4 saturated carbocycles. The van der Waals surface area contributed by atoms with Crippen LogP contribution < -0.4 is 0 Å². The number of aromatic nitrogens is 3. The summed E-state index contributed by atoms with van der Waals surface area (Å²) in [5, 5.41) is 18.5. The van der Waals surface area contributed by atoms with E-state index < -0.39 is 5.97 Å². The molecule has 4 fully saturated rings. The molecule has 130 valence electrons. The lowest BCUT2D eigenvalue weighted by Crippen LogP contribution is -2.50. The minimum Gasteiger partial charge on any atom is -0.480 e. The summed E-state index contributed by atoms with van der Waals surface area (Å²) < 4.78 is 1.88. The molecule has 1 heterocycles. The molecule has 1 aromatic carbocycles. The highest BCUT2D eigenvalue weighted by atomic mass is 16.4. The highest BCUT2D eigenvalue weighted by molar-refractivity contribution is 5.68. The van der Waals surface area contributed by atoms with Gasteiger partial charge in [0.1, 0.15) is 12.4 Å². The lowest BCUT2D eigenvalue weighted by molar-refractivity contribution is -0.137. The van der Waals surface area contributed by atoms with Crippen molar-refractivity contribution in [2.24, 2.45) is 17.8 Å². The maximum atomic E-state index is 11.6. The zero-order chi connectivity index (χ0) is 17.0. The molecule has 5 nitrogen and oxygen atoms in total. The standard InChI is InChI=1S/C20H23N3O2/c24-17(25)12-23-18(16-4-2-1-3-5-16)21-22-19(23)20-9-13-6-14(10-20)8-15(7-13)11-20/h1-5,13-15H,6-12H2,(H,24,25). The van der Waals surface area contributed by atoms with Crippen molar-refractivity contribution in [3.63, 3.8) is 0 Å². The molecule has 1 N–H and O–H groups in total. The number of carbonyl (C=O) groups is 1. The molecule has 5 heteroatoms. The first-order chi connectivity index (χ1) is 12.1. The zero-order valence-electron chi connectivity index (χ0n) is 14.3. The molecule has 0 radical (unpaired) electrons. The Kier molecular flexibility index (Phi) is 3.27. The van der Waals surface area contributed by atoms with Crippen LogP contribution in [-0.2, 0) is 16.8 Å². The van der Waals surface area contributed by atoms with Crippen molar-refractivity contribution < 1.29 is 9.90 Å². The third-order valence-electron chi connectivity index (χ3n) is 6.59. The van der Waals surface area contributed by atoms with Crippen molar-refractivity contribution in [2.75, 3.05) is 0 Å². The van der Waals surface area contributed by atoms with Crippen LogP contribution in [0.4, 0.5) is 0 Å². The first kappa shape index (κ1) is 15.1. The lowest BCUT2D eigenvalue weighted by Gasteiger charge is -2.56. The average Bonchev–Trinajstić information content (AvgIpc) is 2.98. The third kappa shape index (κ3) is 2.40. The van der Waals surface area contributed by atoms with Crippen LogP contribution in [0.25, 0.3) is 11.4 Å². The number of nitrogens with zero attached hydrogens (tertiary/aromatic N) is 3. The summed E-state index contributed by atoms with van der Waals surface area (Å²) in [5.41, 5.74) is 0.983. The van der Waals surface area contributed by atoms with E-state index in [-0.39, 0.29) is 12.0 Å². The van der Waals surface area contributed by atoms with Crippen LogP contribution in [0.3, 0.4) is 0 Å². The van der Waals surface area contributed by atoms with Gasteiger partial charge in [0.05, 0.1) is 0 Å². The summed E-state index contributed by atoms with van der Waals surface area (Å²) in [7, 11) is 0. The van der Waals surface area contributed by atoms with E-state index in [0.717, 1.165) is 48.4 Å². The summed E-state index contributed by atoms with van der Waals surface area (Å²) in [5.74, 6) is 3.16. The molecule has 0 amide bonds. The highest BCUT2D eigenvalue weighted by Crippen LogP contribution is 2.60. The van der Waals surface area contributed by atoms with Gasteiger partial charge in [-0.25, -0.2) is 0 Å². The second kappa shape index (κ2) is 5.41. The summed E-state index contributed by atoms with van der Waals surface area (Å²) in [6.07, 6.45) is 7.55. The fraction of sp³-hybridized carbons (Fsp3) is 0.550. The zero-order valence-corrected chi connectivity index (χ0v) is 14.3. The molecule has 4 aliphatic carbocycles. The maximum Gasteiger partial charge on any atom is 0.323 e. The van der Waals surface area contributed by atoms with Crippen LogP contribution in [0.1, 0.15) is 44.3 Å². The summed E-state index contributed by atoms with van der Waals surface area (Å²) >= 11 is 0. The Balaban J connectivity index is 1.62. The van der Waals surface area contributed by atoms with E-state index in [0.29, 0.717) is 5.82 Å². The molecular weight excluding hydrogens is 314 g/mol.